The lowest BCUT2D eigenvalue weighted by Gasteiger charge is -2.27. The van der Waals surface area contributed by atoms with Crippen LogP contribution < -0.4 is 10.9 Å². The summed E-state index contributed by atoms with van der Waals surface area (Å²) in [6.07, 6.45) is 0. The Morgan fingerprint density at radius 3 is 2.62 bits per heavy atom. The van der Waals surface area contributed by atoms with Crippen LogP contribution in [0.15, 0.2) is 59.4 Å². The van der Waals surface area contributed by atoms with Crippen molar-refractivity contribution in [2.24, 2.45) is 0 Å². The van der Waals surface area contributed by atoms with Crippen LogP contribution in [0.4, 0.5) is 17.3 Å². The third kappa shape index (κ3) is 2.56. The molecule has 11 nitrogen and oxygen atoms in total. The summed E-state index contributed by atoms with van der Waals surface area (Å²) in [5.74, 6) is 0.205. The highest BCUT2D eigenvalue weighted by molar-refractivity contribution is 5.76. The number of nitro benzene ring substituents is 1. The normalized spacial score (nSPS) is 14.6. The van der Waals surface area contributed by atoms with Crippen LogP contribution in [0.2, 0.25) is 0 Å². The maximum Gasteiger partial charge on any atom is 0.288 e. The Balaban J connectivity index is 1.87. The highest BCUT2D eigenvalue weighted by Crippen LogP contribution is 2.43. The summed E-state index contributed by atoms with van der Waals surface area (Å²) in [5.41, 5.74) is 1.62. The number of hydrogen-bond donors (Lipinski definition) is 2. The summed E-state index contributed by atoms with van der Waals surface area (Å²) in [6, 6.07) is 14.7. The Morgan fingerprint density at radius 1 is 1.07 bits per heavy atom. The van der Waals surface area contributed by atoms with Gasteiger partial charge in [0.2, 0.25) is 5.95 Å². The molecule has 0 aliphatic carbocycles. The predicted molar refractivity (Wildman–Crippen MR) is 102 cm³/mol. The molecule has 2 aromatic carbocycles. The van der Waals surface area contributed by atoms with Crippen molar-refractivity contribution in [2.75, 3.05) is 5.32 Å². The van der Waals surface area contributed by atoms with Crippen LogP contribution in [0.3, 0.4) is 0 Å². The fourth-order valence-electron chi connectivity index (χ4n) is 3.53. The van der Waals surface area contributed by atoms with Crippen molar-refractivity contribution in [3.63, 3.8) is 0 Å². The van der Waals surface area contributed by atoms with Crippen LogP contribution in [0.5, 0.6) is 0 Å². The topological polar surface area (TPSA) is 145 Å². The van der Waals surface area contributed by atoms with E-state index in [9.17, 15) is 14.9 Å². The molecule has 0 spiro atoms. The number of aromatic nitrogens is 6. The molecule has 29 heavy (non-hydrogen) atoms. The van der Waals surface area contributed by atoms with Crippen LogP contribution in [0.1, 0.15) is 17.2 Å². The molecule has 1 aliphatic heterocycles. The molecule has 0 saturated heterocycles. The minimum Gasteiger partial charge on any atom is -0.318 e. The summed E-state index contributed by atoms with van der Waals surface area (Å²) in [5, 5.41) is 32.9. The van der Waals surface area contributed by atoms with Gasteiger partial charge >= 0.3 is 0 Å². The maximum absolute atomic E-state index is 12.6. The average molecular weight is 388 g/mol. The van der Waals surface area contributed by atoms with Gasteiger partial charge in [-0.3, -0.25) is 14.9 Å². The molecule has 0 bridgehead atoms. The Kier molecular flexibility index (Phi) is 3.66. The van der Waals surface area contributed by atoms with E-state index in [0.717, 1.165) is 5.56 Å². The summed E-state index contributed by atoms with van der Waals surface area (Å²) in [4.78, 5) is 23.8. The molecule has 0 saturated carbocycles. The van der Waals surface area contributed by atoms with Crippen LogP contribution in [0, 0.1) is 10.1 Å². The molecule has 142 valence electrons. The smallest absolute Gasteiger partial charge is 0.288 e. The predicted octanol–water partition coefficient (Wildman–Crippen LogP) is 2.03. The summed E-state index contributed by atoms with van der Waals surface area (Å²) in [7, 11) is 0. The molecule has 1 unspecified atom stereocenters. The number of aromatic amines is 1. The minimum absolute atomic E-state index is 0.105. The number of anilines is 2. The number of H-pyrrole nitrogens is 1. The van der Waals surface area contributed by atoms with E-state index < -0.39 is 16.5 Å². The number of tetrazole rings is 1. The molecule has 1 atom stereocenters. The fraction of sp³-hybridized carbons (Fsp3) is 0.0556. The molecule has 2 aromatic heterocycles. The summed E-state index contributed by atoms with van der Waals surface area (Å²) >= 11 is 0. The van der Waals surface area contributed by atoms with Crippen molar-refractivity contribution in [1.29, 1.82) is 0 Å². The largest absolute Gasteiger partial charge is 0.318 e. The molecule has 3 heterocycles. The first kappa shape index (κ1) is 16.7. The second-order valence-electron chi connectivity index (χ2n) is 6.35. The lowest BCUT2D eigenvalue weighted by molar-refractivity contribution is -0.385. The van der Waals surface area contributed by atoms with Gasteiger partial charge in [-0.05, 0) is 16.5 Å². The number of nitro groups is 1. The van der Waals surface area contributed by atoms with E-state index in [1.807, 2.05) is 30.3 Å². The zero-order chi connectivity index (χ0) is 20.0. The number of benzene rings is 2. The quantitative estimate of drug-likeness (QED) is 0.353. The average Bonchev–Trinajstić information content (AvgIpc) is 3.22. The molecule has 1 aliphatic rings. The van der Waals surface area contributed by atoms with E-state index in [4.69, 9.17) is 0 Å². The van der Waals surface area contributed by atoms with Crippen molar-refractivity contribution < 1.29 is 4.92 Å². The first-order valence-corrected chi connectivity index (χ1v) is 8.61. The molecule has 0 radical (unpaired) electrons. The van der Waals surface area contributed by atoms with Crippen LogP contribution in [0.25, 0.3) is 11.3 Å². The van der Waals surface area contributed by atoms with E-state index in [1.54, 1.807) is 18.2 Å². The van der Waals surface area contributed by atoms with E-state index in [2.05, 4.69) is 31.0 Å². The second-order valence-corrected chi connectivity index (χ2v) is 6.35. The molecule has 5 rings (SSSR count). The standard InChI is InChI=1S/C18H12N8O3/c27-17-15-13(14(20-21-17)10-6-2-1-3-7-10)16(25-18(19-15)22-23-24-25)11-8-4-5-9-12(11)26(28)29/h1-9,16H,(H,21,27)(H,19,22,24). The molecule has 0 amide bonds. The molecule has 11 heteroatoms. The Bertz CT molecular complexity index is 1300. The third-order valence-electron chi connectivity index (χ3n) is 4.74. The molecule has 2 N–H and O–H groups in total. The lowest BCUT2D eigenvalue weighted by Crippen LogP contribution is -2.29. The Morgan fingerprint density at radius 2 is 1.83 bits per heavy atom. The van der Waals surface area contributed by atoms with Gasteiger partial charge in [0, 0.05) is 17.2 Å². The monoisotopic (exact) mass is 388 g/mol. The zero-order valence-electron chi connectivity index (χ0n) is 14.7. The van der Waals surface area contributed by atoms with Crippen molar-refractivity contribution >= 4 is 17.3 Å². The van der Waals surface area contributed by atoms with Crippen molar-refractivity contribution in [2.45, 2.75) is 6.04 Å². The minimum atomic E-state index is -0.817. The number of nitrogens with zero attached hydrogens (tertiary/aromatic N) is 6. The Labute approximate surface area is 162 Å². The maximum atomic E-state index is 12.6. The van der Waals surface area contributed by atoms with Gasteiger partial charge in [-0.25, -0.2) is 5.10 Å². The molecule has 4 aromatic rings. The van der Waals surface area contributed by atoms with Crippen molar-refractivity contribution in [1.82, 2.24) is 30.4 Å². The SMILES string of the molecule is O=c1[nH]nc(-c2ccccc2)c2c1Nc1nnnn1C2c1ccccc1[N+](=O)[O-]. The highest BCUT2D eigenvalue weighted by Gasteiger charge is 2.37. The first-order valence-electron chi connectivity index (χ1n) is 8.61. The summed E-state index contributed by atoms with van der Waals surface area (Å²) < 4.78 is 1.41. The van der Waals surface area contributed by atoms with Gasteiger partial charge < -0.3 is 5.32 Å². The third-order valence-corrected chi connectivity index (χ3v) is 4.74. The van der Waals surface area contributed by atoms with Gasteiger partial charge in [0.15, 0.2) is 0 Å². The van der Waals surface area contributed by atoms with E-state index in [0.29, 0.717) is 16.8 Å². The molecular weight excluding hydrogens is 376 g/mol. The van der Waals surface area contributed by atoms with Gasteiger partial charge in [0.05, 0.1) is 16.2 Å². The van der Waals surface area contributed by atoms with Crippen LogP contribution in [-0.2, 0) is 0 Å². The van der Waals surface area contributed by atoms with Crippen LogP contribution in [-0.4, -0.2) is 35.3 Å². The number of para-hydroxylation sites is 1. The fourth-order valence-corrected chi connectivity index (χ4v) is 3.53. The van der Waals surface area contributed by atoms with Gasteiger partial charge in [0.25, 0.3) is 11.2 Å². The molecular formula is C18H12N8O3. The number of hydrogen-bond acceptors (Lipinski definition) is 8. The van der Waals surface area contributed by atoms with Gasteiger partial charge in [-0.2, -0.15) is 9.78 Å². The van der Waals surface area contributed by atoms with E-state index in [-0.39, 0.29) is 17.3 Å². The number of nitrogens with one attached hydrogen (secondary N) is 2. The van der Waals surface area contributed by atoms with E-state index >= 15 is 0 Å². The second kappa shape index (κ2) is 6.34. The number of rotatable bonds is 3. The van der Waals surface area contributed by atoms with Gasteiger partial charge in [-0.1, -0.05) is 47.6 Å². The number of fused-ring (bicyclic) bond motifs is 2. The van der Waals surface area contributed by atoms with Crippen molar-refractivity contribution in [3.05, 3.63) is 86.2 Å². The van der Waals surface area contributed by atoms with Crippen LogP contribution >= 0.6 is 0 Å². The lowest BCUT2D eigenvalue weighted by atomic mass is 9.91. The molecule has 0 fully saturated rings. The Hall–Kier alpha value is -4.41. The highest BCUT2D eigenvalue weighted by atomic mass is 16.6. The van der Waals surface area contributed by atoms with Gasteiger partial charge in [0.1, 0.15) is 11.7 Å². The first-order chi connectivity index (χ1) is 14.1. The zero-order valence-corrected chi connectivity index (χ0v) is 14.7. The van der Waals surface area contributed by atoms with Gasteiger partial charge in [-0.15, -0.1) is 0 Å². The van der Waals surface area contributed by atoms with Crippen molar-refractivity contribution in [3.8, 4) is 11.3 Å². The summed E-state index contributed by atoms with van der Waals surface area (Å²) in [6.45, 7) is 0. The van der Waals surface area contributed by atoms with E-state index in [1.165, 1.54) is 10.7 Å².